The van der Waals surface area contributed by atoms with E-state index < -0.39 is 0 Å². The van der Waals surface area contributed by atoms with Gasteiger partial charge in [0.2, 0.25) is 0 Å². The Hall–Kier alpha value is -0.300. The second kappa shape index (κ2) is 6.81. The van der Waals surface area contributed by atoms with Gasteiger partial charge in [0, 0.05) is 6.54 Å². The standard InChI is InChI=1S/C7H13N.C2H6/c1-8-6-4-2-3-5-7-8;1-2/h2,4H,3,5-7H2,1H3;1-2H3. The number of nitrogens with zero attached hydrogens (tertiary/aromatic N) is 1. The van der Waals surface area contributed by atoms with Crippen molar-refractivity contribution in [1.29, 1.82) is 0 Å². The molecule has 0 spiro atoms. The lowest BCUT2D eigenvalue weighted by atomic mass is 10.3. The van der Waals surface area contributed by atoms with Crippen LogP contribution in [0.25, 0.3) is 0 Å². The quantitative estimate of drug-likeness (QED) is 0.468. The molecule has 1 heteroatoms. The molecule has 1 nitrogen and oxygen atoms in total. The van der Waals surface area contributed by atoms with E-state index in [1.807, 2.05) is 13.8 Å². The van der Waals surface area contributed by atoms with Crippen LogP contribution in [0.3, 0.4) is 0 Å². The van der Waals surface area contributed by atoms with Gasteiger partial charge in [0.25, 0.3) is 0 Å². The minimum atomic E-state index is 1.14. The number of rotatable bonds is 0. The molecular formula is C9H19N. The van der Waals surface area contributed by atoms with Crippen LogP contribution >= 0.6 is 0 Å². The smallest absolute Gasteiger partial charge is 0.0160 e. The fraction of sp³-hybridized carbons (Fsp3) is 0.778. The summed E-state index contributed by atoms with van der Waals surface area (Å²) in [5.41, 5.74) is 0. The average Bonchev–Trinajstić information content (AvgIpc) is 2.21. The van der Waals surface area contributed by atoms with E-state index in [0.29, 0.717) is 0 Å². The van der Waals surface area contributed by atoms with Gasteiger partial charge in [-0.1, -0.05) is 26.0 Å². The molecular weight excluding hydrogens is 122 g/mol. The molecule has 60 valence electrons. The molecule has 1 aliphatic rings. The van der Waals surface area contributed by atoms with Gasteiger partial charge in [-0.05, 0) is 26.4 Å². The first-order valence-corrected chi connectivity index (χ1v) is 4.23. The van der Waals surface area contributed by atoms with Crippen molar-refractivity contribution in [3.05, 3.63) is 12.2 Å². The number of likely N-dealkylation sites (N-methyl/N-ethyl adjacent to an activating group) is 1. The Bertz CT molecular complexity index is 86.7. The normalized spacial score (nSPS) is 19.1. The number of hydrogen-bond acceptors (Lipinski definition) is 1. The van der Waals surface area contributed by atoms with Crippen LogP contribution in [0.5, 0.6) is 0 Å². The first-order chi connectivity index (χ1) is 4.89. The summed E-state index contributed by atoms with van der Waals surface area (Å²) in [6, 6.07) is 0. The van der Waals surface area contributed by atoms with E-state index in [2.05, 4.69) is 24.1 Å². The van der Waals surface area contributed by atoms with Crippen molar-refractivity contribution in [1.82, 2.24) is 4.90 Å². The van der Waals surface area contributed by atoms with Crippen LogP contribution in [0, 0.1) is 0 Å². The lowest BCUT2D eigenvalue weighted by Gasteiger charge is -2.09. The van der Waals surface area contributed by atoms with E-state index in [0.717, 1.165) is 6.54 Å². The molecule has 0 saturated carbocycles. The van der Waals surface area contributed by atoms with E-state index in [9.17, 15) is 0 Å². The maximum Gasteiger partial charge on any atom is 0.0160 e. The predicted molar refractivity (Wildman–Crippen MR) is 47.2 cm³/mol. The lowest BCUT2D eigenvalue weighted by Crippen LogP contribution is -2.17. The average molecular weight is 141 g/mol. The summed E-state index contributed by atoms with van der Waals surface area (Å²) < 4.78 is 0. The van der Waals surface area contributed by atoms with E-state index in [1.54, 1.807) is 0 Å². The van der Waals surface area contributed by atoms with Gasteiger partial charge in [-0.25, -0.2) is 0 Å². The largest absolute Gasteiger partial charge is 0.303 e. The summed E-state index contributed by atoms with van der Waals surface area (Å²) in [5.74, 6) is 0. The van der Waals surface area contributed by atoms with Gasteiger partial charge in [-0.2, -0.15) is 0 Å². The Kier molecular flexibility index (Phi) is 6.61. The Morgan fingerprint density at radius 3 is 2.60 bits per heavy atom. The van der Waals surface area contributed by atoms with E-state index in [1.165, 1.54) is 19.4 Å². The Morgan fingerprint density at radius 1 is 1.20 bits per heavy atom. The van der Waals surface area contributed by atoms with E-state index in [-0.39, 0.29) is 0 Å². The predicted octanol–water partition coefficient (Wildman–Crippen LogP) is 2.29. The molecule has 1 heterocycles. The molecule has 0 fully saturated rings. The molecule has 0 unspecified atom stereocenters. The fourth-order valence-electron chi connectivity index (χ4n) is 0.943. The molecule has 0 N–H and O–H groups in total. The zero-order valence-electron chi connectivity index (χ0n) is 7.43. The highest BCUT2D eigenvalue weighted by molar-refractivity contribution is 4.87. The van der Waals surface area contributed by atoms with Crippen molar-refractivity contribution < 1.29 is 0 Å². The minimum Gasteiger partial charge on any atom is -0.303 e. The SMILES string of the molecule is CC.CN1CC=CCCC1. The van der Waals surface area contributed by atoms with Crippen LogP contribution in [-0.2, 0) is 0 Å². The highest BCUT2D eigenvalue weighted by Crippen LogP contribution is 1.98. The van der Waals surface area contributed by atoms with Crippen LogP contribution in [0.15, 0.2) is 12.2 Å². The molecule has 1 rings (SSSR count). The summed E-state index contributed by atoms with van der Waals surface area (Å²) in [7, 11) is 2.16. The highest BCUT2D eigenvalue weighted by atomic mass is 15.1. The summed E-state index contributed by atoms with van der Waals surface area (Å²) in [6.45, 7) is 6.40. The van der Waals surface area contributed by atoms with Crippen molar-refractivity contribution in [3.8, 4) is 0 Å². The summed E-state index contributed by atoms with van der Waals surface area (Å²) >= 11 is 0. The maximum atomic E-state index is 2.34. The van der Waals surface area contributed by atoms with Crippen molar-refractivity contribution in [2.75, 3.05) is 20.1 Å². The lowest BCUT2D eigenvalue weighted by molar-refractivity contribution is 0.372. The zero-order valence-corrected chi connectivity index (χ0v) is 7.43. The molecule has 0 aromatic rings. The van der Waals surface area contributed by atoms with Gasteiger partial charge in [0.1, 0.15) is 0 Å². The van der Waals surface area contributed by atoms with Crippen LogP contribution in [0.2, 0.25) is 0 Å². The van der Waals surface area contributed by atoms with Crippen LogP contribution in [-0.4, -0.2) is 25.0 Å². The monoisotopic (exact) mass is 141 g/mol. The molecule has 0 bridgehead atoms. The van der Waals surface area contributed by atoms with Crippen molar-refractivity contribution in [2.24, 2.45) is 0 Å². The molecule has 0 aromatic heterocycles. The minimum absolute atomic E-state index is 1.14. The third kappa shape index (κ3) is 4.57. The third-order valence-corrected chi connectivity index (χ3v) is 1.49. The Morgan fingerprint density at radius 2 is 1.90 bits per heavy atom. The second-order valence-electron chi connectivity index (χ2n) is 2.38. The number of allylic oxidation sites excluding steroid dienone is 1. The molecule has 0 aliphatic carbocycles. The molecule has 0 aromatic carbocycles. The van der Waals surface area contributed by atoms with E-state index in [4.69, 9.17) is 0 Å². The molecule has 0 atom stereocenters. The van der Waals surface area contributed by atoms with Gasteiger partial charge in [0.05, 0.1) is 0 Å². The summed E-state index contributed by atoms with van der Waals surface area (Å²) in [5, 5.41) is 0. The number of hydrogen-bond donors (Lipinski definition) is 0. The summed E-state index contributed by atoms with van der Waals surface area (Å²) in [6.07, 6.45) is 7.10. The van der Waals surface area contributed by atoms with Crippen LogP contribution in [0.4, 0.5) is 0 Å². The zero-order chi connectivity index (χ0) is 7.82. The second-order valence-corrected chi connectivity index (χ2v) is 2.38. The first-order valence-electron chi connectivity index (χ1n) is 4.23. The van der Waals surface area contributed by atoms with Gasteiger partial charge >= 0.3 is 0 Å². The van der Waals surface area contributed by atoms with Crippen molar-refractivity contribution in [3.63, 3.8) is 0 Å². The van der Waals surface area contributed by atoms with E-state index >= 15 is 0 Å². The van der Waals surface area contributed by atoms with Gasteiger partial charge in [-0.3, -0.25) is 0 Å². The molecule has 1 aliphatic heterocycles. The molecule has 10 heavy (non-hydrogen) atoms. The van der Waals surface area contributed by atoms with Crippen LogP contribution in [0.1, 0.15) is 26.7 Å². The summed E-state index contributed by atoms with van der Waals surface area (Å²) in [4.78, 5) is 2.34. The fourth-order valence-corrected chi connectivity index (χ4v) is 0.943. The first kappa shape index (κ1) is 9.70. The van der Waals surface area contributed by atoms with Gasteiger partial charge in [0.15, 0.2) is 0 Å². The Labute approximate surface area is 64.7 Å². The van der Waals surface area contributed by atoms with Crippen molar-refractivity contribution in [2.45, 2.75) is 26.7 Å². The van der Waals surface area contributed by atoms with Crippen molar-refractivity contribution >= 4 is 0 Å². The molecule has 0 saturated heterocycles. The molecule has 0 amide bonds. The topological polar surface area (TPSA) is 3.24 Å². The third-order valence-electron chi connectivity index (χ3n) is 1.49. The van der Waals surface area contributed by atoms with Gasteiger partial charge < -0.3 is 4.90 Å². The molecule has 0 radical (unpaired) electrons. The van der Waals surface area contributed by atoms with Gasteiger partial charge in [-0.15, -0.1) is 0 Å². The highest BCUT2D eigenvalue weighted by Gasteiger charge is 1.96. The maximum absolute atomic E-state index is 2.34. The Balaban J connectivity index is 0.000000371. The van der Waals surface area contributed by atoms with Crippen LogP contribution < -0.4 is 0 Å².